The predicted molar refractivity (Wildman–Crippen MR) is 108 cm³/mol. The molecule has 0 unspecified atom stereocenters. The maximum Gasteiger partial charge on any atom is 0.289 e. The van der Waals surface area contributed by atoms with E-state index in [2.05, 4.69) is 50.1 Å². The number of hydrogen-bond donors (Lipinski definition) is 1. The van der Waals surface area contributed by atoms with Crippen molar-refractivity contribution in [2.24, 2.45) is 0 Å². The molecule has 0 aliphatic heterocycles. The van der Waals surface area contributed by atoms with Crippen molar-refractivity contribution in [2.45, 2.75) is 20.3 Å². The first kappa shape index (κ1) is 18.5. The molecule has 28 heavy (non-hydrogen) atoms. The van der Waals surface area contributed by atoms with Crippen LogP contribution in [0.1, 0.15) is 27.5 Å². The van der Waals surface area contributed by atoms with E-state index in [4.69, 9.17) is 8.94 Å². The first-order valence-corrected chi connectivity index (χ1v) is 9.64. The number of amides is 1. The second-order valence-electron chi connectivity index (χ2n) is 6.77. The summed E-state index contributed by atoms with van der Waals surface area (Å²) < 4.78 is 11.3. The van der Waals surface area contributed by atoms with Gasteiger partial charge in [0.1, 0.15) is 5.69 Å². The Bertz CT molecular complexity index is 1160. The lowest BCUT2D eigenvalue weighted by molar-refractivity contribution is 0.0763. The second kappa shape index (κ2) is 7.27. The van der Waals surface area contributed by atoms with Crippen LogP contribution in [0.2, 0.25) is 0 Å². The van der Waals surface area contributed by atoms with E-state index in [0.29, 0.717) is 29.4 Å². The normalized spacial score (nSPS) is 11.3. The topological polar surface area (TPSA) is 88.2 Å². The van der Waals surface area contributed by atoms with Crippen LogP contribution in [0.5, 0.6) is 0 Å². The molecular formula is C20H19BrN4O3. The number of fused-ring (bicyclic) bond motifs is 1. The summed E-state index contributed by atoms with van der Waals surface area (Å²) in [6.45, 7) is 4.54. The molecule has 0 radical (unpaired) electrons. The molecule has 0 bridgehead atoms. The zero-order chi connectivity index (χ0) is 19.8. The zero-order valence-electron chi connectivity index (χ0n) is 15.7. The number of H-pyrrole nitrogens is 1. The number of likely N-dealkylation sites (N-methyl/N-ethyl adjacent to an activating group) is 1. The first-order chi connectivity index (χ1) is 13.4. The fraction of sp³-hybridized carbons (Fsp3) is 0.250. The quantitative estimate of drug-likeness (QED) is 0.491. The zero-order valence-corrected chi connectivity index (χ0v) is 17.3. The lowest BCUT2D eigenvalue weighted by Crippen LogP contribution is -2.28. The van der Waals surface area contributed by atoms with Crippen molar-refractivity contribution in [1.29, 1.82) is 0 Å². The Kier molecular flexibility index (Phi) is 4.80. The highest BCUT2D eigenvalue weighted by atomic mass is 79.9. The van der Waals surface area contributed by atoms with Crippen molar-refractivity contribution in [1.82, 2.24) is 20.0 Å². The van der Waals surface area contributed by atoms with Crippen LogP contribution in [0.3, 0.4) is 0 Å². The molecule has 0 fully saturated rings. The molecule has 0 saturated carbocycles. The second-order valence-corrected chi connectivity index (χ2v) is 7.55. The van der Waals surface area contributed by atoms with E-state index in [1.807, 2.05) is 13.0 Å². The maximum absolute atomic E-state index is 12.3. The van der Waals surface area contributed by atoms with E-state index in [1.165, 1.54) is 5.56 Å². The van der Waals surface area contributed by atoms with Gasteiger partial charge in [-0.2, -0.15) is 4.98 Å². The maximum atomic E-state index is 12.3. The predicted octanol–water partition coefficient (Wildman–Crippen LogP) is 4.50. The smallest absolute Gasteiger partial charge is 0.289 e. The van der Waals surface area contributed by atoms with E-state index in [9.17, 15) is 4.79 Å². The molecule has 144 valence electrons. The number of rotatable bonds is 5. The average molecular weight is 443 g/mol. The number of nitrogens with zero attached hydrogens (tertiary/aromatic N) is 3. The fourth-order valence-electron chi connectivity index (χ4n) is 3.10. The minimum Gasteiger partial charge on any atom is -0.444 e. The standard InChI is InChI=1S/C20H19BrN4O3/c1-11-4-5-14-13(10-11)12(2)18(22-14)19-23-17(24-28-19)8-9-25(3)20(26)15-6-7-16(21)27-15/h4-7,10,22H,8-9H2,1-3H3. The van der Waals surface area contributed by atoms with Gasteiger partial charge in [0.2, 0.25) is 0 Å². The van der Waals surface area contributed by atoms with Gasteiger partial charge >= 0.3 is 0 Å². The highest BCUT2D eigenvalue weighted by Gasteiger charge is 2.18. The molecule has 3 aromatic heterocycles. The van der Waals surface area contributed by atoms with Gasteiger partial charge in [0, 0.05) is 30.9 Å². The number of aromatic amines is 1. The average Bonchev–Trinajstić information content (AvgIpc) is 3.39. The van der Waals surface area contributed by atoms with Gasteiger partial charge in [0.05, 0.1) is 0 Å². The summed E-state index contributed by atoms with van der Waals surface area (Å²) in [5.41, 5.74) is 4.13. The number of aryl methyl sites for hydroxylation is 2. The van der Waals surface area contributed by atoms with E-state index in [1.54, 1.807) is 24.1 Å². The summed E-state index contributed by atoms with van der Waals surface area (Å²) in [5, 5.41) is 5.20. The SMILES string of the molecule is Cc1ccc2[nH]c(-c3nc(CCN(C)C(=O)c4ccc(Br)o4)no3)c(C)c2c1. The number of nitrogens with one attached hydrogen (secondary N) is 1. The molecule has 0 atom stereocenters. The minimum absolute atomic E-state index is 0.198. The summed E-state index contributed by atoms with van der Waals surface area (Å²) >= 11 is 3.20. The van der Waals surface area contributed by atoms with Gasteiger partial charge in [0.25, 0.3) is 11.8 Å². The first-order valence-electron chi connectivity index (χ1n) is 8.85. The van der Waals surface area contributed by atoms with Gasteiger partial charge in [0.15, 0.2) is 16.3 Å². The van der Waals surface area contributed by atoms with Crippen LogP contribution in [0, 0.1) is 13.8 Å². The lowest BCUT2D eigenvalue weighted by atomic mass is 10.1. The third-order valence-corrected chi connectivity index (χ3v) is 5.12. The minimum atomic E-state index is -0.198. The van der Waals surface area contributed by atoms with E-state index in [-0.39, 0.29) is 11.7 Å². The van der Waals surface area contributed by atoms with Gasteiger partial charge < -0.3 is 18.8 Å². The number of carbonyl (C=O) groups is 1. The highest BCUT2D eigenvalue weighted by molar-refractivity contribution is 9.10. The Morgan fingerprint density at radius 3 is 2.82 bits per heavy atom. The molecule has 0 spiro atoms. The molecule has 4 aromatic rings. The molecule has 4 rings (SSSR count). The van der Waals surface area contributed by atoms with Crippen LogP contribution in [-0.4, -0.2) is 39.5 Å². The van der Waals surface area contributed by atoms with Crippen LogP contribution < -0.4 is 0 Å². The molecule has 3 heterocycles. The Balaban J connectivity index is 1.47. The molecule has 1 N–H and O–H groups in total. The van der Waals surface area contributed by atoms with Crippen molar-refractivity contribution >= 4 is 32.7 Å². The molecule has 1 aromatic carbocycles. The summed E-state index contributed by atoms with van der Waals surface area (Å²) in [5.74, 6) is 1.08. The molecule has 0 aliphatic carbocycles. The van der Waals surface area contributed by atoms with Gasteiger partial charge in [-0.15, -0.1) is 0 Å². The van der Waals surface area contributed by atoms with Crippen LogP contribution >= 0.6 is 15.9 Å². The number of carbonyl (C=O) groups excluding carboxylic acids is 1. The van der Waals surface area contributed by atoms with Crippen molar-refractivity contribution in [3.8, 4) is 11.6 Å². The Morgan fingerprint density at radius 1 is 1.25 bits per heavy atom. The van der Waals surface area contributed by atoms with Gasteiger partial charge in [-0.05, 0) is 59.6 Å². The Labute approximate surface area is 169 Å². The number of benzene rings is 1. The number of aromatic nitrogens is 3. The highest BCUT2D eigenvalue weighted by Crippen LogP contribution is 2.29. The molecule has 0 saturated heterocycles. The van der Waals surface area contributed by atoms with Crippen molar-refractivity contribution in [2.75, 3.05) is 13.6 Å². The summed E-state index contributed by atoms with van der Waals surface area (Å²) in [6.07, 6.45) is 0.478. The van der Waals surface area contributed by atoms with Gasteiger partial charge in [-0.1, -0.05) is 16.8 Å². The monoisotopic (exact) mass is 442 g/mol. The number of halogens is 1. The van der Waals surface area contributed by atoms with Gasteiger partial charge in [-0.25, -0.2) is 0 Å². The number of furan rings is 1. The molecule has 7 nitrogen and oxygen atoms in total. The van der Waals surface area contributed by atoms with Crippen molar-refractivity contribution in [3.05, 3.63) is 57.7 Å². The van der Waals surface area contributed by atoms with E-state index in [0.717, 1.165) is 22.2 Å². The molecule has 1 amide bonds. The van der Waals surface area contributed by atoms with E-state index < -0.39 is 0 Å². The molecule has 8 heteroatoms. The number of hydrogen-bond acceptors (Lipinski definition) is 5. The summed E-state index contributed by atoms with van der Waals surface area (Å²) in [4.78, 5) is 21.7. The Morgan fingerprint density at radius 2 is 2.07 bits per heavy atom. The third-order valence-electron chi connectivity index (χ3n) is 4.70. The van der Waals surface area contributed by atoms with Crippen LogP contribution in [0.25, 0.3) is 22.5 Å². The van der Waals surface area contributed by atoms with Crippen LogP contribution in [0.15, 0.2) is 43.9 Å². The third kappa shape index (κ3) is 3.47. The summed E-state index contributed by atoms with van der Waals surface area (Å²) in [6, 6.07) is 9.57. The summed E-state index contributed by atoms with van der Waals surface area (Å²) in [7, 11) is 1.71. The van der Waals surface area contributed by atoms with Gasteiger partial charge in [-0.3, -0.25) is 4.79 Å². The fourth-order valence-corrected chi connectivity index (χ4v) is 3.40. The molecule has 0 aliphatic rings. The van der Waals surface area contributed by atoms with Crippen molar-refractivity contribution in [3.63, 3.8) is 0 Å². The van der Waals surface area contributed by atoms with Crippen LogP contribution in [0.4, 0.5) is 0 Å². The van der Waals surface area contributed by atoms with Crippen LogP contribution in [-0.2, 0) is 6.42 Å². The Hall–Kier alpha value is -2.87. The molecular weight excluding hydrogens is 424 g/mol. The van der Waals surface area contributed by atoms with Crippen molar-refractivity contribution < 1.29 is 13.7 Å². The lowest BCUT2D eigenvalue weighted by Gasteiger charge is -2.14. The van der Waals surface area contributed by atoms with E-state index >= 15 is 0 Å². The largest absolute Gasteiger partial charge is 0.444 e.